The van der Waals surface area contributed by atoms with Gasteiger partial charge in [-0.1, -0.05) is 37.3 Å². The van der Waals surface area contributed by atoms with Gasteiger partial charge < -0.3 is 9.47 Å². The standard InChI is InChI=1S/C17H20N2O3/c1-3-9-21-16-18-14(10-15(20)19(16)2)11-17(12-22-17)13-7-5-4-6-8-13/h4-8,10H,3,9,11-12H2,1-2H3/t17-/m0/s1. The topological polar surface area (TPSA) is 56.6 Å². The third-order valence-electron chi connectivity index (χ3n) is 3.84. The Hall–Kier alpha value is -2.14. The molecule has 1 aromatic heterocycles. The molecule has 0 bridgehead atoms. The van der Waals surface area contributed by atoms with Crippen molar-refractivity contribution in [3.05, 3.63) is 58.0 Å². The van der Waals surface area contributed by atoms with Gasteiger partial charge in [0.05, 0.1) is 18.9 Å². The molecule has 0 N–H and O–H groups in total. The van der Waals surface area contributed by atoms with Crippen molar-refractivity contribution in [1.29, 1.82) is 0 Å². The van der Waals surface area contributed by atoms with E-state index in [-0.39, 0.29) is 11.2 Å². The number of ether oxygens (including phenoxy) is 2. The Morgan fingerprint density at radius 1 is 1.36 bits per heavy atom. The van der Waals surface area contributed by atoms with Gasteiger partial charge in [0.2, 0.25) is 0 Å². The summed E-state index contributed by atoms with van der Waals surface area (Å²) >= 11 is 0. The Labute approximate surface area is 129 Å². The van der Waals surface area contributed by atoms with Crippen molar-refractivity contribution >= 4 is 0 Å². The summed E-state index contributed by atoms with van der Waals surface area (Å²) in [5.74, 6) is 0. The Bertz CT molecular complexity index is 706. The molecule has 1 aromatic carbocycles. The molecule has 2 heterocycles. The zero-order chi connectivity index (χ0) is 15.6. The summed E-state index contributed by atoms with van der Waals surface area (Å²) < 4.78 is 12.7. The van der Waals surface area contributed by atoms with Crippen LogP contribution in [-0.4, -0.2) is 22.8 Å². The second kappa shape index (κ2) is 5.93. The summed E-state index contributed by atoms with van der Waals surface area (Å²) in [5, 5.41) is 0. The molecule has 3 rings (SSSR count). The highest BCUT2D eigenvalue weighted by Crippen LogP contribution is 2.41. The Morgan fingerprint density at radius 3 is 2.73 bits per heavy atom. The highest BCUT2D eigenvalue weighted by Gasteiger charge is 2.46. The van der Waals surface area contributed by atoms with Crippen LogP contribution in [0.3, 0.4) is 0 Å². The molecule has 0 aliphatic carbocycles. The Balaban J connectivity index is 1.87. The zero-order valence-electron chi connectivity index (χ0n) is 12.9. The van der Waals surface area contributed by atoms with Crippen molar-refractivity contribution in [2.45, 2.75) is 25.4 Å². The van der Waals surface area contributed by atoms with Crippen LogP contribution in [0, 0.1) is 0 Å². The second-order valence-corrected chi connectivity index (χ2v) is 5.60. The number of nitrogens with zero attached hydrogens (tertiary/aromatic N) is 2. The molecule has 0 unspecified atom stereocenters. The highest BCUT2D eigenvalue weighted by molar-refractivity contribution is 5.29. The number of hydrogen-bond donors (Lipinski definition) is 0. The van der Waals surface area contributed by atoms with E-state index in [9.17, 15) is 4.79 Å². The van der Waals surface area contributed by atoms with Crippen LogP contribution in [0.1, 0.15) is 24.6 Å². The van der Waals surface area contributed by atoms with Crippen LogP contribution < -0.4 is 10.3 Å². The van der Waals surface area contributed by atoms with Gasteiger partial charge in [0.25, 0.3) is 11.6 Å². The molecule has 22 heavy (non-hydrogen) atoms. The van der Waals surface area contributed by atoms with Gasteiger partial charge in [-0.3, -0.25) is 9.36 Å². The fourth-order valence-electron chi connectivity index (χ4n) is 2.47. The van der Waals surface area contributed by atoms with Gasteiger partial charge in [0.1, 0.15) is 5.60 Å². The van der Waals surface area contributed by atoms with E-state index in [4.69, 9.17) is 9.47 Å². The average Bonchev–Trinajstić information content (AvgIpc) is 3.31. The summed E-state index contributed by atoms with van der Waals surface area (Å²) in [6.45, 7) is 3.22. The van der Waals surface area contributed by atoms with Crippen LogP contribution in [0.4, 0.5) is 0 Å². The molecule has 1 atom stereocenters. The minimum Gasteiger partial charge on any atom is -0.465 e. The summed E-state index contributed by atoms with van der Waals surface area (Å²) in [5.41, 5.74) is 1.37. The van der Waals surface area contributed by atoms with E-state index in [1.807, 2.05) is 37.3 Å². The maximum absolute atomic E-state index is 12.1. The van der Waals surface area contributed by atoms with Gasteiger partial charge in [-0.15, -0.1) is 0 Å². The minimum absolute atomic E-state index is 0.111. The van der Waals surface area contributed by atoms with Crippen LogP contribution in [0.2, 0.25) is 0 Å². The van der Waals surface area contributed by atoms with Crippen LogP contribution in [0.25, 0.3) is 0 Å². The van der Waals surface area contributed by atoms with Crippen LogP contribution >= 0.6 is 0 Å². The highest BCUT2D eigenvalue weighted by atomic mass is 16.6. The molecule has 1 aliphatic rings. The van der Waals surface area contributed by atoms with E-state index in [0.29, 0.717) is 31.3 Å². The molecule has 0 spiro atoms. The fourth-order valence-corrected chi connectivity index (χ4v) is 2.47. The second-order valence-electron chi connectivity index (χ2n) is 5.60. The van der Waals surface area contributed by atoms with Gasteiger partial charge in [-0.25, -0.2) is 4.98 Å². The lowest BCUT2D eigenvalue weighted by atomic mass is 9.95. The molecule has 1 fully saturated rings. The molecule has 1 aliphatic heterocycles. The van der Waals surface area contributed by atoms with Crippen molar-refractivity contribution < 1.29 is 9.47 Å². The summed E-state index contributed by atoms with van der Waals surface area (Å²) in [6.07, 6.45) is 1.45. The molecule has 5 heteroatoms. The lowest BCUT2D eigenvalue weighted by Crippen LogP contribution is -2.23. The summed E-state index contributed by atoms with van der Waals surface area (Å²) in [7, 11) is 1.67. The molecule has 0 amide bonds. The van der Waals surface area contributed by atoms with Crippen molar-refractivity contribution in [3.8, 4) is 6.01 Å². The van der Waals surface area contributed by atoms with E-state index >= 15 is 0 Å². The Morgan fingerprint density at radius 2 is 2.09 bits per heavy atom. The largest absolute Gasteiger partial charge is 0.465 e. The zero-order valence-corrected chi connectivity index (χ0v) is 12.9. The SMILES string of the molecule is CCCOc1nc(C[C@@]2(c3ccccc3)CO2)cc(=O)n1C. The van der Waals surface area contributed by atoms with E-state index < -0.39 is 0 Å². The lowest BCUT2D eigenvalue weighted by molar-refractivity contribution is 0.272. The van der Waals surface area contributed by atoms with Gasteiger partial charge >= 0.3 is 0 Å². The number of rotatable bonds is 6. The fraction of sp³-hybridized carbons (Fsp3) is 0.412. The first kappa shape index (κ1) is 14.8. The van der Waals surface area contributed by atoms with Gasteiger partial charge in [-0.05, 0) is 12.0 Å². The van der Waals surface area contributed by atoms with Gasteiger partial charge in [0.15, 0.2) is 0 Å². The van der Waals surface area contributed by atoms with E-state index in [0.717, 1.165) is 12.0 Å². The minimum atomic E-state index is -0.345. The van der Waals surface area contributed by atoms with Crippen molar-refractivity contribution in [1.82, 2.24) is 9.55 Å². The van der Waals surface area contributed by atoms with Gasteiger partial charge in [0, 0.05) is 19.5 Å². The van der Waals surface area contributed by atoms with Crippen molar-refractivity contribution in [2.24, 2.45) is 7.05 Å². The number of benzene rings is 1. The number of aromatic nitrogens is 2. The summed E-state index contributed by atoms with van der Waals surface area (Å²) in [4.78, 5) is 16.6. The molecule has 5 nitrogen and oxygen atoms in total. The quantitative estimate of drug-likeness (QED) is 0.766. The third-order valence-corrected chi connectivity index (χ3v) is 3.84. The smallest absolute Gasteiger partial charge is 0.299 e. The first-order valence-electron chi connectivity index (χ1n) is 7.54. The van der Waals surface area contributed by atoms with Gasteiger partial charge in [-0.2, -0.15) is 0 Å². The van der Waals surface area contributed by atoms with Crippen molar-refractivity contribution in [3.63, 3.8) is 0 Å². The molecule has 116 valence electrons. The Kier molecular flexibility index (Phi) is 3.98. The van der Waals surface area contributed by atoms with Crippen molar-refractivity contribution in [2.75, 3.05) is 13.2 Å². The molecule has 1 saturated heterocycles. The first-order valence-corrected chi connectivity index (χ1v) is 7.54. The number of epoxide rings is 1. The average molecular weight is 300 g/mol. The van der Waals surface area contributed by atoms with E-state index in [2.05, 4.69) is 4.98 Å². The first-order chi connectivity index (χ1) is 10.6. The molecular weight excluding hydrogens is 280 g/mol. The normalized spacial score (nSPS) is 19.9. The van der Waals surface area contributed by atoms with E-state index in [1.54, 1.807) is 13.1 Å². The predicted molar refractivity (Wildman–Crippen MR) is 83.0 cm³/mol. The molecule has 0 saturated carbocycles. The van der Waals surface area contributed by atoms with E-state index in [1.165, 1.54) is 4.57 Å². The maximum Gasteiger partial charge on any atom is 0.299 e. The molecular formula is C17H20N2O3. The molecule has 0 radical (unpaired) electrons. The maximum atomic E-state index is 12.1. The van der Waals surface area contributed by atoms with Crippen LogP contribution in [-0.2, 0) is 23.8 Å². The van der Waals surface area contributed by atoms with Crippen LogP contribution in [0.15, 0.2) is 41.2 Å². The third kappa shape index (κ3) is 2.90. The monoisotopic (exact) mass is 300 g/mol. The van der Waals surface area contributed by atoms with Crippen LogP contribution in [0.5, 0.6) is 6.01 Å². The predicted octanol–water partition coefficient (Wildman–Crippen LogP) is 2.04. The summed E-state index contributed by atoms with van der Waals surface area (Å²) in [6, 6.07) is 12.0. The number of hydrogen-bond acceptors (Lipinski definition) is 4. The lowest BCUT2D eigenvalue weighted by Gasteiger charge is -2.14. The molecule has 2 aromatic rings.